The van der Waals surface area contributed by atoms with Crippen LogP contribution in [0.2, 0.25) is 0 Å². The molecular weight excluding hydrogens is 542 g/mol. The van der Waals surface area contributed by atoms with E-state index in [1.54, 1.807) is 23.8 Å². The van der Waals surface area contributed by atoms with Crippen LogP contribution >= 0.6 is 0 Å². The van der Waals surface area contributed by atoms with Crippen LogP contribution in [0.5, 0.6) is 28.7 Å². The van der Waals surface area contributed by atoms with Crippen molar-refractivity contribution in [2.24, 2.45) is 5.92 Å². The number of fused-ring (bicyclic) bond motifs is 4. The van der Waals surface area contributed by atoms with E-state index < -0.39 is 28.8 Å². The number of aromatic nitrogens is 1. The molecule has 1 aliphatic rings. The fourth-order valence-electron chi connectivity index (χ4n) is 5.56. The quantitative estimate of drug-likeness (QED) is 0.151. The molecule has 0 unspecified atom stereocenters. The topological polar surface area (TPSA) is 148 Å². The average Bonchev–Trinajstić information content (AvgIpc) is 2.94. The number of nitrogens with zero attached hydrogens (tertiary/aromatic N) is 1. The van der Waals surface area contributed by atoms with Crippen LogP contribution < -0.4 is 20.5 Å². The number of aromatic hydroxyl groups is 3. The number of hydrogen-bond donors (Lipinski definition) is 3. The molecule has 42 heavy (non-hydrogen) atoms. The van der Waals surface area contributed by atoms with Gasteiger partial charge in [0.25, 0.3) is 5.56 Å². The van der Waals surface area contributed by atoms with Gasteiger partial charge in [-0.3, -0.25) is 14.4 Å². The van der Waals surface area contributed by atoms with E-state index in [0.29, 0.717) is 17.8 Å². The van der Waals surface area contributed by atoms with Crippen LogP contribution in [0.4, 0.5) is 0 Å². The molecule has 1 atom stereocenters. The fraction of sp³-hybridized carbons (Fsp3) is 0.219. The first-order valence-electron chi connectivity index (χ1n) is 13.3. The Morgan fingerprint density at radius 1 is 0.952 bits per heavy atom. The standard InChI is InChI=1S/C32H27NO9/c1-15(2)14-33-21-6-5-18(40-3)8-17(21)9-20(32(33)39)19-11-28(38)41-27-13-25(37)30-24(36)12-26(42-31(30)29(19)27)16-4-7-22(34)23(35)10-16/h4-10,12-13,15,19,34-35,37H,11,14H2,1-3H3/t19-/m1/s1. The second kappa shape index (κ2) is 9.99. The van der Waals surface area contributed by atoms with Crippen molar-refractivity contribution >= 4 is 27.8 Å². The van der Waals surface area contributed by atoms with Crippen molar-refractivity contribution in [1.29, 1.82) is 0 Å². The highest BCUT2D eigenvalue weighted by atomic mass is 16.5. The fourth-order valence-corrected chi connectivity index (χ4v) is 5.56. The Morgan fingerprint density at radius 3 is 2.45 bits per heavy atom. The number of phenols is 3. The SMILES string of the molecule is COc1ccc2c(c1)cc([C@H]1CC(=O)Oc3cc(O)c4c(=O)cc(-c5ccc(O)c(O)c5)oc4c31)c(=O)n2CC(C)C. The Hall–Kier alpha value is -5.25. The Kier molecular flexibility index (Phi) is 6.41. The van der Waals surface area contributed by atoms with Gasteiger partial charge < -0.3 is 33.8 Å². The van der Waals surface area contributed by atoms with Crippen molar-refractivity contribution in [3.8, 4) is 40.1 Å². The molecule has 3 N–H and O–H groups in total. The summed E-state index contributed by atoms with van der Waals surface area (Å²) in [6, 6.07) is 13.4. The van der Waals surface area contributed by atoms with Crippen molar-refractivity contribution in [3.63, 3.8) is 0 Å². The van der Waals surface area contributed by atoms with Gasteiger partial charge in [-0.2, -0.15) is 0 Å². The molecule has 0 saturated heterocycles. The third-order valence-electron chi connectivity index (χ3n) is 7.44. The second-order valence-electron chi connectivity index (χ2n) is 10.8. The monoisotopic (exact) mass is 569 g/mol. The van der Waals surface area contributed by atoms with Crippen LogP contribution in [0, 0.1) is 5.92 Å². The number of phenolic OH excluding ortho intramolecular Hbond substituents is 3. The van der Waals surface area contributed by atoms with E-state index in [1.807, 2.05) is 26.0 Å². The van der Waals surface area contributed by atoms with Crippen molar-refractivity contribution in [2.75, 3.05) is 7.11 Å². The summed E-state index contributed by atoms with van der Waals surface area (Å²) >= 11 is 0. The summed E-state index contributed by atoms with van der Waals surface area (Å²) in [4.78, 5) is 40.3. The molecule has 0 saturated carbocycles. The average molecular weight is 570 g/mol. The third kappa shape index (κ3) is 4.41. The van der Waals surface area contributed by atoms with E-state index in [4.69, 9.17) is 13.9 Å². The number of benzene rings is 3. The smallest absolute Gasteiger partial charge is 0.312 e. The van der Waals surface area contributed by atoms with Gasteiger partial charge in [-0.15, -0.1) is 0 Å². The molecule has 10 nitrogen and oxygen atoms in total. The van der Waals surface area contributed by atoms with E-state index >= 15 is 0 Å². The zero-order chi connectivity index (χ0) is 29.9. The molecule has 3 heterocycles. The van der Waals surface area contributed by atoms with Crippen LogP contribution in [0.25, 0.3) is 33.2 Å². The summed E-state index contributed by atoms with van der Waals surface area (Å²) in [5.41, 5.74) is 0.580. The van der Waals surface area contributed by atoms with Gasteiger partial charge >= 0.3 is 5.97 Å². The molecule has 10 heteroatoms. The minimum Gasteiger partial charge on any atom is -0.507 e. The van der Waals surface area contributed by atoms with Gasteiger partial charge in [-0.25, -0.2) is 0 Å². The molecular formula is C32H27NO9. The van der Waals surface area contributed by atoms with Crippen LogP contribution in [0.1, 0.15) is 37.3 Å². The molecule has 2 aromatic heterocycles. The molecule has 6 rings (SSSR count). The summed E-state index contributed by atoms with van der Waals surface area (Å²) in [5, 5.41) is 31.1. The zero-order valence-electron chi connectivity index (χ0n) is 23.0. The van der Waals surface area contributed by atoms with Gasteiger partial charge in [0.05, 0.1) is 19.0 Å². The summed E-state index contributed by atoms with van der Waals surface area (Å²) in [6.45, 7) is 4.41. The van der Waals surface area contributed by atoms with Crippen LogP contribution in [-0.4, -0.2) is 33.0 Å². The number of pyridine rings is 1. The minimum atomic E-state index is -0.877. The first-order valence-corrected chi connectivity index (χ1v) is 13.3. The number of esters is 1. The molecule has 214 valence electrons. The Labute approximate surface area is 238 Å². The molecule has 3 aromatic carbocycles. The lowest BCUT2D eigenvalue weighted by Gasteiger charge is -2.27. The Morgan fingerprint density at radius 2 is 1.74 bits per heavy atom. The largest absolute Gasteiger partial charge is 0.507 e. The van der Waals surface area contributed by atoms with Gasteiger partial charge in [0, 0.05) is 46.7 Å². The lowest BCUT2D eigenvalue weighted by Crippen LogP contribution is -2.31. The highest BCUT2D eigenvalue weighted by Crippen LogP contribution is 2.46. The lowest BCUT2D eigenvalue weighted by molar-refractivity contribution is -0.135. The molecule has 0 bridgehead atoms. The van der Waals surface area contributed by atoms with E-state index in [0.717, 1.165) is 11.5 Å². The van der Waals surface area contributed by atoms with Crippen molar-refractivity contribution in [3.05, 3.63) is 86.3 Å². The molecule has 0 radical (unpaired) electrons. The first-order chi connectivity index (χ1) is 20.0. The highest BCUT2D eigenvalue weighted by molar-refractivity contribution is 5.93. The van der Waals surface area contributed by atoms with Gasteiger partial charge in [0.15, 0.2) is 16.9 Å². The normalized spacial score (nSPS) is 14.8. The predicted octanol–water partition coefficient (Wildman–Crippen LogP) is 5.00. The second-order valence-corrected chi connectivity index (χ2v) is 10.8. The van der Waals surface area contributed by atoms with Crippen LogP contribution in [0.15, 0.2) is 68.6 Å². The summed E-state index contributed by atoms with van der Waals surface area (Å²) in [6.07, 6.45) is -0.215. The van der Waals surface area contributed by atoms with Crippen LogP contribution in [0.3, 0.4) is 0 Å². The first kappa shape index (κ1) is 26.9. The third-order valence-corrected chi connectivity index (χ3v) is 7.44. The summed E-state index contributed by atoms with van der Waals surface area (Å²) < 4.78 is 18.7. The van der Waals surface area contributed by atoms with E-state index in [9.17, 15) is 29.7 Å². The number of carbonyl (C=O) groups is 1. The Balaban J connectivity index is 1.67. The number of hydrogen-bond acceptors (Lipinski definition) is 9. The summed E-state index contributed by atoms with van der Waals surface area (Å²) in [5.74, 6) is -1.99. The maximum absolute atomic E-state index is 14.1. The number of methoxy groups -OCH3 is 1. The maximum atomic E-state index is 14.1. The predicted molar refractivity (Wildman–Crippen MR) is 155 cm³/mol. The van der Waals surface area contributed by atoms with Gasteiger partial charge in [0.1, 0.15) is 34.0 Å². The number of rotatable bonds is 5. The van der Waals surface area contributed by atoms with Crippen molar-refractivity contribution < 1.29 is 34.0 Å². The molecule has 0 fully saturated rings. The zero-order valence-corrected chi connectivity index (χ0v) is 23.0. The van der Waals surface area contributed by atoms with Gasteiger partial charge in [-0.05, 0) is 48.4 Å². The van der Waals surface area contributed by atoms with Gasteiger partial charge in [0.2, 0.25) is 0 Å². The lowest BCUT2D eigenvalue weighted by atomic mass is 9.85. The van der Waals surface area contributed by atoms with E-state index in [-0.39, 0.29) is 62.8 Å². The van der Waals surface area contributed by atoms with E-state index in [2.05, 4.69) is 0 Å². The highest BCUT2D eigenvalue weighted by Gasteiger charge is 2.35. The van der Waals surface area contributed by atoms with Crippen molar-refractivity contribution in [2.45, 2.75) is 32.7 Å². The Bertz CT molecular complexity index is 2040. The number of carbonyl (C=O) groups excluding carboxylic acids is 1. The minimum absolute atomic E-state index is 0.0318. The summed E-state index contributed by atoms with van der Waals surface area (Å²) in [7, 11) is 1.55. The van der Waals surface area contributed by atoms with Crippen LogP contribution in [-0.2, 0) is 11.3 Å². The van der Waals surface area contributed by atoms with E-state index in [1.165, 1.54) is 24.3 Å². The molecule has 1 aliphatic heterocycles. The molecule has 0 amide bonds. The molecule has 0 aliphatic carbocycles. The number of ether oxygens (including phenoxy) is 2. The maximum Gasteiger partial charge on any atom is 0.312 e. The van der Waals surface area contributed by atoms with Gasteiger partial charge in [-0.1, -0.05) is 13.8 Å². The molecule has 5 aromatic rings. The van der Waals surface area contributed by atoms with Crippen molar-refractivity contribution in [1.82, 2.24) is 4.57 Å². The molecule has 0 spiro atoms.